The summed E-state index contributed by atoms with van der Waals surface area (Å²) in [5.41, 5.74) is 2.02. The van der Waals surface area contributed by atoms with Gasteiger partial charge in [-0.05, 0) is 63.1 Å². The third-order valence-electron chi connectivity index (χ3n) is 6.62. The maximum absolute atomic E-state index is 10.6. The Hall–Kier alpha value is -1.39. The molecule has 1 aromatic rings. The standard InChI is InChI=1S/C22H35N3O/c1-23-20(10-14-24-18-26)16-21(19-8-3-2-4-9-19)25-15-7-13-22(17-25)11-5-6-12-22/h2-4,8-9,18,20-21,23H,5-7,10-17H2,1H3,(H,24,26). The van der Waals surface area contributed by atoms with Gasteiger partial charge in [-0.15, -0.1) is 0 Å². The van der Waals surface area contributed by atoms with Crippen LogP contribution in [0.4, 0.5) is 0 Å². The summed E-state index contributed by atoms with van der Waals surface area (Å²) in [5.74, 6) is 0. The predicted octanol–water partition coefficient (Wildman–Crippen LogP) is 3.50. The molecule has 3 rings (SSSR count). The largest absolute Gasteiger partial charge is 0.359 e. The fourth-order valence-electron chi connectivity index (χ4n) is 5.18. The summed E-state index contributed by atoms with van der Waals surface area (Å²) < 4.78 is 0. The summed E-state index contributed by atoms with van der Waals surface area (Å²) in [7, 11) is 2.04. The molecule has 144 valence electrons. The van der Waals surface area contributed by atoms with Crippen molar-refractivity contribution in [2.24, 2.45) is 5.41 Å². The summed E-state index contributed by atoms with van der Waals surface area (Å²) in [6.45, 7) is 3.21. The summed E-state index contributed by atoms with van der Waals surface area (Å²) in [6.07, 6.45) is 11.3. The van der Waals surface area contributed by atoms with Crippen molar-refractivity contribution in [2.75, 3.05) is 26.7 Å². The summed E-state index contributed by atoms with van der Waals surface area (Å²) in [6, 6.07) is 11.9. The van der Waals surface area contributed by atoms with Crippen LogP contribution < -0.4 is 10.6 Å². The van der Waals surface area contributed by atoms with Crippen LogP contribution in [0, 0.1) is 5.41 Å². The van der Waals surface area contributed by atoms with E-state index in [2.05, 4.69) is 45.9 Å². The second kappa shape index (κ2) is 9.52. The molecule has 1 saturated heterocycles. The van der Waals surface area contributed by atoms with Crippen molar-refractivity contribution in [3.8, 4) is 0 Å². The van der Waals surface area contributed by atoms with E-state index in [1.165, 1.54) is 57.2 Å². The van der Waals surface area contributed by atoms with Gasteiger partial charge in [0.1, 0.15) is 0 Å². The molecule has 0 aromatic heterocycles. The van der Waals surface area contributed by atoms with Crippen LogP contribution in [0.25, 0.3) is 0 Å². The lowest BCUT2D eigenvalue weighted by Crippen LogP contribution is -2.45. The maximum atomic E-state index is 10.6. The third kappa shape index (κ3) is 4.86. The van der Waals surface area contributed by atoms with Gasteiger partial charge >= 0.3 is 0 Å². The number of amides is 1. The molecule has 2 unspecified atom stereocenters. The Morgan fingerprint density at radius 1 is 1.15 bits per heavy atom. The normalized spacial score (nSPS) is 22.2. The van der Waals surface area contributed by atoms with Crippen LogP contribution in [-0.2, 0) is 4.79 Å². The molecule has 1 aliphatic carbocycles. The van der Waals surface area contributed by atoms with Gasteiger partial charge in [0.25, 0.3) is 0 Å². The molecule has 2 N–H and O–H groups in total. The lowest BCUT2D eigenvalue weighted by molar-refractivity contribution is -0.109. The quantitative estimate of drug-likeness (QED) is 0.525. The van der Waals surface area contributed by atoms with E-state index in [9.17, 15) is 4.79 Å². The minimum absolute atomic E-state index is 0.411. The number of hydrogen-bond acceptors (Lipinski definition) is 3. The lowest BCUT2D eigenvalue weighted by atomic mass is 9.77. The summed E-state index contributed by atoms with van der Waals surface area (Å²) in [4.78, 5) is 13.3. The zero-order valence-electron chi connectivity index (χ0n) is 16.3. The van der Waals surface area contributed by atoms with Crippen molar-refractivity contribution in [3.63, 3.8) is 0 Å². The van der Waals surface area contributed by atoms with Crippen LogP contribution in [0.15, 0.2) is 30.3 Å². The van der Waals surface area contributed by atoms with E-state index in [-0.39, 0.29) is 0 Å². The Morgan fingerprint density at radius 3 is 2.58 bits per heavy atom. The lowest BCUT2D eigenvalue weighted by Gasteiger charge is -2.45. The van der Waals surface area contributed by atoms with Gasteiger partial charge in [-0.25, -0.2) is 0 Å². The number of benzene rings is 1. The number of nitrogens with zero attached hydrogens (tertiary/aromatic N) is 1. The third-order valence-corrected chi connectivity index (χ3v) is 6.62. The van der Waals surface area contributed by atoms with E-state index >= 15 is 0 Å². The van der Waals surface area contributed by atoms with E-state index in [0.717, 1.165) is 25.8 Å². The molecule has 1 heterocycles. The van der Waals surface area contributed by atoms with E-state index in [1.54, 1.807) is 0 Å². The first kappa shape index (κ1) is 19.4. The van der Waals surface area contributed by atoms with E-state index < -0.39 is 0 Å². The van der Waals surface area contributed by atoms with Crippen molar-refractivity contribution < 1.29 is 4.79 Å². The van der Waals surface area contributed by atoms with Crippen LogP contribution in [0.1, 0.15) is 63.0 Å². The molecular formula is C22H35N3O. The highest BCUT2D eigenvalue weighted by Gasteiger charge is 2.40. The SMILES string of the molecule is CNC(CCNC=O)CC(c1ccccc1)N1CCCC2(CCCC2)C1. The van der Waals surface area contributed by atoms with Crippen molar-refractivity contribution in [3.05, 3.63) is 35.9 Å². The molecule has 0 radical (unpaired) electrons. The smallest absolute Gasteiger partial charge is 0.207 e. The highest BCUT2D eigenvalue weighted by molar-refractivity contribution is 5.45. The van der Waals surface area contributed by atoms with Gasteiger partial charge in [0, 0.05) is 25.2 Å². The monoisotopic (exact) mass is 357 g/mol. The Morgan fingerprint density at radius 2 is 1.88 bits per heavy atom. The Bertz CT molecular complexity index is 542. The molecule has 1 saturated carbocycles. The molecule has 4 nitrogen and oxygen atoms in total. The number of piperidine rings is 1. The molecular weight excluding hydrogens is 322 g/mol. The van der Waals surface area contributed by atoms with Crippen molar-refractivity contribution >= 4 is 6.41 Å². The van der Waals surface area contributed by atoms with Gasteiger partial charge in [0.2, 0.25) is 6.41 Å². The number of nitrogens with one attached hydrogen (secondary N) is 2. The van der Waals surface area contributed by atoms with Gasteiger partial charge < -0.3 is 10.6 Å². The van der Waals surface area contributed by atoms with E-state index in [1.807, 2.05) is 7.05 Å². The Balaban J connectivity index is 1.73. The number of carbonyl (C=O) groups excluding carboxylic acids is 1. The van der Waals surface area contributed by atoms with Crippen molar-refractivity contribution in [1.82, 2.24) is 15.5 Å². The second-order valence-corrected chi connectivity index (χ2v) is 8.29. The minimum atomic E-state index is 0.411. The molecule has 0 bridgehead atoms. The first-order valence-corrected chi connectivity index (χ1v) is 10.4. The highest BCUT2D eigenvalue weighted by atomic mass is 16.1. The maximum Gasteiger partial charge on any atom is 0.207 e. The molecule has 26 heavy (non-hydrogen) atoms. The summed E-state index contributed by atoms with van der Waals surface area (Å²) in [5, 5.41) is 6.29. The highest BCUT2D eigenvalue weighted by Crippen LogP contribution is 2.46. The minimum Gasteiger partial charge on any atom is -0.359 e. The average Bonchev–Trinajstić information content (AvgIpc) is 3.12. The number of rotatable bonds is 9. The number of hydrogen-bond donors (Lipinski definition) is 2. The van der Waals surface area contributed by atoms with E-state index in [0.29, 0.717) is 17.5 Å². The zero-order valence-corrected chi connectivity index (χ0v) is 16.3. The predicted molar refractivity (Wildman–Crippen MR) is 107 cm³/mol. The van der Waals surface area contributed by atoms with Crippen LogP contribution in [0.5, 0.6) is 0 Å². The number of carbonyl (C=O) groups is 1. The molecule has 1 aromatic carbocycles. The fraction of sp³-hybridized carbons (Fsp3) is 0.682. The summed E-state index contributed by atoms with van der Waals surface area (Å²) >= 11 is 0. The van der Waals surface area contributed by atoms with Gasteiger partial charge in [0.15, 0.2) is 0 Å². The van der Waals surface area contributed by atoms with Crippen LogP contribution in [0.3, 0.4) is 0 Å². The first-order valence-electron chi connectivity index (χ1n) is 10.4. The van der Waals surface area contributed by atoms with Gasteiger partial charge in [-0.3, -0.25) is 9.69 Å². The molecule has 2 aliphatic rings. The van der Waals surface area contributed by atoms with Gasteiger partial charge in [0.05, 0.1) is 0 Å². The molecule has 1 amide bonds. The first-order chi connectivity index (χ1) is 12.8. The molecule has 1 aliphatic heterocycles. The zero-order chi connectivity index (χ0) is 18.2. The van der Waals surface area contributed by atoms with Gasteiger partial charge in [-0.1, -0.05) is 43.2 Å². The molecule has 1 spiro atoms. The fourth-order valence-corrected chi connectivity index (χ4v) is 5.18. The topological polar surface area (TPSA) is 44.4 Å². The molecule has 4 heteroatoms. The average molecular weight is 358 g/mol. The van der Waals surface area contributed by atoms with Crippen LogP contribution in [-0.4, -0.2) is 44.0 Å². The van der Waals surface area contributed by atoms with Crippen molar-refractivity contribution in [2.45, 2.75) is 63.5 Å². The van der Waals surface area contributed by atoms with Crippen LogP contribution in [0.2, 0.25) is 0 Å². The Labute approximate surface area is 158 Å². The van der Waals surface area contributed by atoms with Crippen LogP contribution >= 0.6 is 0 Å². The van der Waals surface area contributed by atoms with Crippen molar-refractivity contribution in [1.29, 1.82) is 0 Å². The van der Waals surface area contributed by atoms with Gasteiger partial charge in [-0.2, -0.15) is 0 Å². The van der Waals surface area contributed by atoms with E-state index in [4.69, 9.17) is 0 Å². The molecule has 2 fully saturated rings. The number of likely N-dealkylation sites (tertiary alicyclic amines) is 1. The second-order valence-electron chi connectivity index (χ2n) is 8.29. The Kier molecular flexibility index (Phi) is 7.09. The molecule has 2 atom stereocenters.